The van der Waals surface area contributed by atoms with Crippen LogP contribution >= 0.6 is 0 Å². The summed E-state index contributed by atoms with van der Waals surface area (Å²) in [5.74, 6) is 6.08. The van der Waals surface area contributed by atoms with Gasteiger partial charge >= 0.3 is 11.8 Å². The molecule has 0 bridgehead atoms. The molecular formula is C23H26N4O5. The van der Waals surface area contributed by atoms with Crippen LogP contribution in [-0.4, -0.2) is 52.1 Å². The smallest absolute Gasteiger partial charge is 0.409 e. The van der Waals surface area contributed by atoms with Gasteiger partial charge in [0, 0.05) is 38.5 Å². The van der Waals surface area contributed by atoms with Crippen molar-refractivity contribution in [3.8, 4) is 11.8 Å². The molecule has 1 aromatic carbocycles. The van der Waals surface area contributed by atoms with Crippen molar-refractivity contribution < 1.29 is 19.1 Å². The van der Waals surface area contributed by atoms with E-state index in [0.29, 0.717) is 36.5 Å². The Hall–Kier alpha value is -3.54. The fraction of sp³-hybridized carbons (Fsp3) is 0.478. The van der Waals surface area contributed by atoms with Crippen LogP contribution < -0.4 is 11.0 Å². The van der Waals surface area contributed by atoms with Crippen LogP contribution in [0.5, 0.6) is 0 Å². The molecule has 1 unspecified atom stereocenters. The number of amides is 3. The molecule has 1 atom stereocenters. The molecule has 0 aliphatic carbocycles. The summed E-state index contributed by atoms with van der Waals surface area (Å²) in [5.41, 5.74) is 1.84. The fourth-order valence-corrected chi connectivity index (χ4v) is 4.42. The Labute approximate surface area is 185 Å². The van der Waals surface area contributed by atoms with Crippen LogP contribution in [0, 0.1) is 17.8 Å². The van der Waals surface area contributed by atoms with Crippen molar-refractivity contribution in [1.29, 1.82) is 0 Å². The summed E-state index contributed by atoms with van der Waals surface area (Å²) in [7, 11) is 3.06. The summed E-state index contributed by atoms with van der Waals surface area (Å²) in [6.45, 7) is 1.36. The number of methoxy groups -OCH3 is 1. The molecule has 168 valence electrons. The number of likely N-dealkylation sites (tertiary alicyclic amines) is 1. The fourth-order valence-electron chi connectivity index (χ4n) is 4.42. The molecule has 32 heavy (non-hydrogen) atoms. The Balaban J connectivity index is 1.49. The number of fused-ring (bicyclic) bond motifs is 1. The van der Waals surface area contributed by atoms with E-state index in [1.54, 1.807) is 18.0 Å². The molecule has 2 saturated heterocycles. The first-order valence-corrected chi connectivity index (χ1v) is 10.8. The molecule has 0 saturated carbocycles. The SMILES string of the molecule is COC(=O)N1CCC(CC#Cc2ccc3c(c2)n(C)c(=O)n3C2CCC(=O)NC2=O)CC1. The molecule has 2 aliphatic heterocycles. The first kappa shape index (κ1) is 21.7. The van der Waals surface area contributed by atoms with Gasteiger partial charge in [0.05, 0.1) is 18.1 Å². The Morgan fingerprint density at radius 1 is 1.16 bits per heavy atom. The largest absolute Gasteiger partial charge is 0.453 e. The van der Waals surface area contributed by atoms with E-state index in [0.717, 1.165) is 24.8 Å². The number of ether oxygens (including phenoxy) is 1. The minimum atomic E-state index is -0.698. The van der Waals surface area contributed by atoms with Gasteiger partial charge in [0.2, 0.25) is 11.8 Å². The normalized spacial score (nSPS) is 19.4. The second-order valence-electron chi connectivity index (χ2n) is 8.29. The number of imidazole rings is 1. The number of nitrogens with zero attached hydrogens (tertiary/aromatic N) is 3. The van der Waals surface area contributed by atoms with Gasteiger partial charge in [-0.1, -0.05) is 11.8 Å². The predicted molar refractivity (Wildman–Crippen MR) is 117 cm³/mol. The van der Waals surface area contributed by atoms with Gasteiger partial charge < -0.3 is 9.64 Å². The lowest BCUT2D eigenvalue weighted by atomic mass is 9.94. The third-order valence-electron chi connectivity index (χ3n) is 6.28. The zero-order chi connectivity index (χ0) is 22.8. The summed E-state index contributed by atoms with van der Waals surface area (Å²) in [6.07, 6.45) is 2.76. The van der Waals surface area contributed by atoms with Gasteiger partial charge in [-0.05, 0) is 43.4 Å². The maximum atomic E-state index is 12.8. The zero-order valence-corrected chi connectivity index (χ0v) is 18.2. The number of aryl methyl sites for hydroxylation is 1. The van der Waals surface area contributed by atoms with E-state index in [2.05, 4.69) is 17.2 Å². The highest BCUT2D eigenvalue weighted by Gasteiger charge is 2.31. The maximum absolute atomic E-state index is 12.8. The standard InChI is InChI=1S/C23H26N4O5/c1-25-19-14-16(5-3-4-15-10-12-26(13-11-15)23(31)32-2)6-7-17(19)27(22(25)30)18-8-9-20(28)24-21(18)29/h6-7,14-15,18H,4,8-13H2,1-2H3,(H,24,28,29). The number of carbonyl (C=O) groups is 3. The minimum Gasteiger partial charge on any atom is -0.453 e. The van der Waals surface area contributed by atoms with Crippen molar-refractivity contribution in [1.82, 2.24) is 19.4 Å². The van der Waals surface area contributed by atoms with E-state index >= 15 is 0 Å². The molecule has 2 aromatic rings. The highest BCUT2D eigenvalue weighted by Crippen LogP contribution is 2.24. The Bertz CT molecular complexity index is 1190. The van der Waals surface area contributed by atoms with Crippen molar-refractivity contribution >= 4 is 28.9 Å². The highest BCUT2D eigenvalue weighted by molar-refractivity contribution is 6.00. The number of aromatic nitrogens is 2. The first-order chi connectivity index (χ1) is 15.4. The molecule has 2 fully saturated rings. The number of benzene rings is 1. The summed E-state index contributed by atoms with van der Waals surface area (Å²) in [5, 5.41) is 2.31. The number of piperidine rings is 2. The van der Waals surface area contributed by atoms with E-state index in [1.165, 1.54) is 16.2 Å². The minimum absolute atomic E-state index is 0.210. The lowest BCUT2D eigenvalue weighted by Crippen LogP contribution is -2.44. The van der Waals surface area contributed by atoms with Gasteiger partial charge in [0.15, 0.2) is 0 Å². The van der Waals surface area contributed by atoms with Crippen molar-refractivity contribution in [2.24, 2.45) is 13.0 Å². The predicted octanol–water partition coefficient (Wildman–Crippen LogP) is 1.54. The zero-order valence-electron chi connectivity index (χ0n) is 18.2. The lowest BCUT2D eigenvalue weighted by Gasteiger charge is -2.29. The van der Waals surface area contributed by atoms with Crippen LogP contribution in [0.2, 0.25) is 0 Å². The molecule has 1 N–H and O–H groups in total. The Kier molecular flexibility index (Phi) is 6.04. The van der Waals surface area contributed by atoms with Gasteiger partial charge in [0.25, 0.3) is 0 Å². The van der Waals surface area contributed by atoms with E-state index in [1.807, 2.05) is 12.1 Å². The van der Waals surface area contributed by atoms with Crippen LogP contribution in [0.3, 0.4) is 0 Å². The first-order valence-electron chi connectivity index (χ1n) is 10.8. The molecule has 3 heterocycles. The van der Waals surface area contributed by atoms with Gasteiger partial charge in [-0.2, -0.15) is 0 Å². The van der Waals surface area contributed by atoms with Crippen molar-refractivity contribution in [3.63, 3.8) is 0 Å². The highest BCUT2D eigenvalue weighted by atomic mass is 16.5. The molecule has 0 radical (unpaired) electrons. The average Bonchev–Trinajstić information content (AvgIpc) is 3.04. The second kappa shape index (κ2) is 8.91. The maximum Gasteiger partial charge on any atom is 0.409 e. The number of rotatable bonds is 2. The van der Waals surface area contributed by atoms with Gasteiger partial charge in [-0.3, -0.25) is 24.0 Å². The summed E-state index contributed by atoms with van der Waals surface area (Å²) >= 11 is 0. The van der Waals surface area contributed by atoms with Crippen molar-refractivity contribution in [3.05, 3.63) is 34.2 Å². The Morgan fingerprint density at radius 2 is 1.91 bits per heavy atom. The van der Waals surface area contributed by atoms with Gasteiger partial charge in [-0.25, -0.2) is 9.59 Å². The molecule has 9 heteroatoms. The number of hydrogen-bond acceptors (Lipinski definition) is 5. The van der Waals surface area contributed by atoms with Gasteiger partial charge in [0.1, 0.15) is 6.04 Å². The third-order valence-corrected chi connectivity index (χ3v) is 6.28. The number of hydrogen-bond donors (Lipinski definition) is 1. The number of imide groups is 1. The topological polar surface area (TPSA) is 103 Å². The molecular weight excluding hydrogens is 412 g/mol. The third kappa shape index (κ3) is 4.13. The van der Waals surface area contributed by atoms with Crippen molar-refractivity contribution in [2.45, 2.75) is 38.1 Å². The van der Waals surface area contributed by atoms with E-state index in [4.69, 9.17) is 4.74 Å². The van der Waals surface area contributed by atoms with E-state index < -0.39 is 11.9 Å². The summed E-state index contributed by atoms with van der Waals surface area (Å²) < 4.78 is 7.73. The summed E-state index contributed by atoms with van der Waals surface area (Å²) in [4.78, 5) is 49.9. The van der Waals surface area contributed by atoms with Crippen LogP contribution in [0.15, 0.2) is 23.0 Å². The monoisotopic (exact) mass is 438 g/mol. The number of carbonyl (C=O) groups excluding carboxylic acids is 3. The molecule has 9 nitrogen and oxygen atoms in total. The summed E-state index contributed by atoms with van der Waals surface area (Å²) in [6, 6.07) is 4.80. The van der Waals surface area contributed by atoms with E-state index in [-0.39, 0.29) is 24.1 Å². The van der Waals surface area contributed by atoms with Crippen LogP contribution in [0.4, 0.5) is 4.79 Å². The Morgan fingerprint density at radius 3 is 2.59 bits per heavy atom. The van der Waals surface area contributed by atoms with Crippen LogP contribution in [-0.2, 0) is 21.4 Å². The van der Waals surface area contributed by atoms with E-state index in [9.17, 15) is 19.2 Å². The van der Waals surface area contributed by atoms with Gasteiger partial charge in [-0.15, -0.1) is 0 Å². The van der Waals surface area contributed by atoms with Crippen LogP contribution in [0.25, 0.3) is 11.0 Å². The average molecular weight is 438 g/mol. The molecule has 1 aromatic heterocycles. The quantitative estimate of drug-likeness (QED) is 0.566. The molecule has 0 spiro atoms. The molecule has 2 aliphatic rings. The lowest BCUT2D eigenvalue weighted by molar-refractivity contribution is -0.135. The molecule has 3 amide bonds. The molecule has 4 rings (SSSR count). The number of nitrogens with one attached hydrogen (secondary N) is 1. The van der Waals surface area contributed by atoms with Crippen molar-refractivity contribution in [2.75, 3.05) is 20.2 Å². The van der Waals surface area contributed by atoms with Crippen LogP contribution in [0.1, 0.15) is 43.7 Å². The second-order valence-corrected chi connectivity index (χ2v) is 8.29.